The molecule has 0 aliphatic carbocycles. The van der Waals surface area contributed by atoms with Crippen molar-refractivity contribution in [3.63, 3.8) is 0 Å². The van der Waals surface area contributed by atoms with Crippen molar-refractivity contribution in [3.05, 3.63) is 6.33 Å². The molecule has 0 fully saturated rings. The number of esters is 1. The van der Waals surface area contributed by atoms with E-state index >= 15 is 0 Å². The van der Waals surface area contributed by atoms with E-state index in [-0.39, 0.29) is 18.4 Å². The number of rotatable bonds is 6. The number of carbonyl (C=O) groups excluding carboxylic acids is 2. The predicted molar refractivity (Wildman–Crippen MR) is 67.9 cm³/mol. The molecule has 1 atom stereocenters. The van der Waals surface area contributed by atoms with Gasteiger partial charge in [0.1, 0.15) is 12.9 Å². The number of anilines is 1. The van der Waals surface area contributed by atoms with E-state index < -0.39 is 12.1 Å². The van der Waals surface area contributed by atoms with Crippen LogP contribution in [0, 0.1) is 0 Å². The number of hydrogen-bond acceptors (Lipinski definition) is 6. The van der Waals surface area contributed by atoms with E-state index in [1.165, 1.54) is 11.0 Å². The molecule has 0 aliphatic rings. The van der Waals surface area contributed by atoms with Gasteiger partial charge in [0.15, 0.2) is 6.10 Å². The summed E-state index contributed by atoms with van der Waals surface area (Å²) >= 11 is 0. The number of likely N-dealkylation sites (N-methyl/N-ethyl adjacent to an activating group) is 1. The highest BCUT2D eigenvalue weighted by Gasteiger charge is 2.22. The van der Waals surface area contributed by atoms with Crippen molar-refractivity contribution >= 4 is 17.8 Å². The molecule has 106 valence electrons. The van der Waals surface area contributed by atoms with Crippen LogP contribution in [0.1, 0.15) is 20.8 Å². The number of hydrogen-bond donors (Lipinski definition) is 1. The van der Waals surface area contributed by atoms with Crippen molar-refractivity contribution in [1.82, 2.24) is 19.7 Å². The lowest BCUT2D eigenvalue weighted by Crippen LogP contribution is -2.40. The highest BCUT2D eigenvalue weighted by Crippen LogP contribution is 2.01. The summed E-state index contributed by atoms with van der Waals surface area (Å²) in [6.07, 6.45) is 0.515. The van der Waals surface area contributed by atoms with E-state index in [4.69, 9.17) is 10.5 Å². The molecule has 1 heterocycles. The molecule has 19 heavy (non-hydrogen) atoms. The summed E-state index contributed by atoms with van der Waals surface area (Å²) in [4.78, 5) is 28.8. The molecule has 0 bridgehead atoms. The Balaban J connectivity index is 2.49. The molecular formula is C11H19N5O3. The number of nitrogens with zero attached hydrogens (tertiary/aromatic N) is 4. The molecule has 1 aromatic rings. The number of nitrogens with two attached hydrogens (primary N) is 1. The summed E-state index contributed by atoms with van der Waals surface area (Å²) in [6, 6.07) is 0. The van der Waals surface area contributed by atoms with Gasteiger partial charge < -0.3 is 15.4 Å². The van der Waals surface area contributed by atoms with Crippen LogP contribution in [0.4, 0.5) is 5.95 Å². The highest BCUT2D eigenvalue weighted by molar-refractivity contribution is 5.83. The van der Waals surface area contributed by atoms with Crippen molar-refractivity contribution < 1.29 is 14.3 Å². The fourth-order valence-corrected chi connectivity index (χ4v) is 1.59. The van der Waals surface area contributed by atoms with Crippen LogP contribution in [0.2, 0.25) is 0 Å². The predicted octanol–water partition coefficient (Wildman–Crippen LogP) is -0.340. The van der Waals surface area contributed by atoms with Crippen LogP contribution in [0.5, 0.6) is 0 Å². The van der Waals surface area contributed by atoms with E-state index in [1.807, 2.05) is 13.8 Å². The summed E-state index contributed by atoms with van der Waals surface area (Å²) in [7, 11) is 0. The number of carbonyl (C=O) groups is 2. The fourth-order valence-electron chi connectivity index (χ4n) is 1.59. The summed E-state index contributed by atoms with van der Waals surface area (Å²) in [5.41, 5.74) is 5.32. The van der Waals surface area contributed by atoms with Crippen LogP contribution in [-0.2, 0) is 20.9 Å². The molecule has 0 aromatic carbocycles. The van der Waals surface area contributed by atoms with Crippen LogP contribution >= 0.6 is 0 Å². The number of aromatic nitrogens is 3. The fraction of sp³-hybridized carbons (Fsp3) is 0.636. The molecule has 1 aromatic heterocycles. The second kappa shape index (κ2) is 6.72. The Hall–Kier alpha value is -2.12. The zero-order valence-corrected chi connectivity index (χ0v) is 11.4. The van der Waals surface area contributed by atoms with Gasteiger partial charge in [0.05, 0.1) is 0 Å². The minimum absolute atomic E-state index is 0.0834. The first-order valence-corrected chi connectivity index (χ1v) is 6.11. The first-order valence-electron chi connectivity index (χ1n) is 6.11. The van der Waals surface area contributed by atoms with Crippen LogP contribution in [0.25, 0.3) is 0 Å². The first-order chi connectivity index (χ1) is 8.97. The summed E-state index contributed by atoms with van der Waals surface area (Å²) in [5, 5.41) is 3.76. The van der Waals surface area contributed by atoms with Crippen LogP contribution in [0.15, 0.2) is 6.33 Å². The van der Waals surface area contributed by atoms with Gasteiger partial charge in [-0.05, 0) is 20.8 Å². The van der Waals surface area contributed by atoms with Gasteiger partial charge >= 0.3 is 5.97 Å². The molecule has 8 nitrogen and oxygen atoms in total. The lowest BCUT2D eigenvalue weighted by Gasteiger charge is -2.22. The van der Waals surface area contributed by atoms with E-state index in [1.54, 1.807) is 11.8 Å². The average molecular weight is 269 g/mol. The minimum Gasteiger partial charge on any atom is -0.451 e. The smallest absolute Gasteiger partial charge is 0.328 e. The quantitative estimate of drug-likeness (QED) is 0.709. The monoisotopic (exact) mass is 269 g/mol. The molecule has 8 heteroatoms. The van der Waals surface area contributed by atoms with Crippen molar-refractivity contribution in [1.29, 1.82) is 0 Å². The zero-order chi connectivity index (χ0) is 14.4. The molecule has 1 amide bonds. The number of ether oxygens (including phenoxy) is 1. The topological polar surface area (TPSA) is 103 Å². The second-order valence-corrected chi connectivity index (χ2v) is 3.94. The van der Waals surface area contributed by atoms with Crippen LogP contribution in [0.3, 0.4) is 0 Å². The van der Waals surface area contributed by atoms with Gasteiger partial charge in [-0.2, -0.15) is 0 Å². The lowest BCUT2D eigenvalue weighted by molar-refractivity contribution is -0.159. The van der Waals surface area contributed by atoms with Gasteiger partial charge in [-0.25, -0.2) is 9.67 Å². The highest BCUT2D eigenvalue weighted by atomic mass is 16.5. The maximum Gasteiger partial charge on any atom is 0.328 e. The normalized spacial score (nSPS) is 11.9. The molecule has 0 spiro atoms. The van der Waals surface area contributed by atoms with E-state index in [9.17, 15) is 9.59 Å². The largest absolute Gasteiger partial charge is 0.451 e. The van der Waals surface area contributed by atoms with Gasteiger partial charge in [-0.1, -0.05) is 0 Å². The summed E-state index contributed by atoms with van der Waals surface area (Å²) in [6.45, 7) is 6.32. The van der Waals surface area contributed by atoms with Gasteiger partial charge in [-0.3, -0.25) is 9.59 Å². The molecule has 0 saturated heterocycles. The molecule has 1 unspecified atom stereocenters. The molecule has 0 saturated carbocycles. The Morgan fingerprint density at radius 3 is 2.58 bits per heavy atom. The average Bonchev–Trinajstić information content (AvgIpc) is 2.75. The van der Waals surface area contributed by atoms with Crippen LogP contribution < -0.4 is 5.73 Å². The third-order valence-electron chi connectivity index (χ3n) is 2.58. The van der Waals surface area contributed by atoms with E-state index in [0.29, 0.717) is 13.1 Å². The summed E-state index contributed by atoms with van der Waals surface area (Å²) in [5.74, 6) is -0.686. The van der Waals surface area contributed by atoms with Crippen LogP contribution in [-0.4, -0.2) is 50.7 Å². The maximum absolute atomic E-state index is 11.9. The number of amides is 1. The Morgan fingerprint density at radius 1 is 1.47 bits per heavy atom. The number of nitrogen functional groups attached to an aromatic ring is 1. The summed E-state index contributed by atoms with van der Waals surface area (Å²) < 4.78 is 6.31. The van der Waals surface area contributed by atoms with E-state index in [2.05, 4.69) is 10.1 Å². The Kier molecular flexibility index (Phi) is 5.28. The third-order valence-corrected chi connectivity index (χ3v) is 2.58. The maximum atomic E-state index is 11.9. The van der Waals surface area contributed by atoms with Gasteiger partial charge in [-0.15, -0.1) is 5.10 Å². The zero-order valence-electron chi connectivity index (χ0n) is 11.4. The van der Waals surface area contributed by atoms with Crippen molar-refractivity contribution in [2.24, 2.45) is 0 Å². The standard InChI is InChI=1S/C11H19N5O3/c1-4-15(5-2)10(18)8(3)19-9(17)6-16-7-13-11(12)14-16/h7-8H,4-6H2,1-3H3,(H2,12,14). The molecule has 0 aliphatic heterocycles. The van der Waals surface area contributed by atoms with Gasteiger partial charge in [0.2, 0.25) is 5.95 Å². The van der Waals surface area contributed by atoms with Crippen molar-refractivity contribution in [2.75, 3.05) is 18.8 Å². The molecule has 2 N–H and O–H groups in total. The minimum atomic E-state index is -0.812. The van der Waals surface area contributed by atoms with Crippen molar-refractivity contribution in [3.8, 4) is 0 Å². The van der Waals surface area contributed by atoms with E-state index in [0.717, 1.165) is 0 Å². The Morgan fingerprint density at radius 2 is 2.11 bits per heavy atom. The van der Waals surface area contributed by atoms with Crippen molar-refractivity contribution in [2.45, 2.75) is 33.4 Å². The molecule has 1 rings (SSSR count). The SMILES string of the molecule is CCN(CC)C(=O)C(C)OC(=O)Cn1cnc(N)n1. The Bertz CT molecular complexity index is 441. The molecule has 0 radical (unpaired) electrons. The third kappa shape index (κ3) is 4.23. The van der Waals surface area contributed by atoms with Gasteiger partial charge in [0.25, 0.3) is 5.91 Å². The lowest BCUT2D eigenvalue weighted by atomic mass is 10.3. The van der Waals surface area contributed by atoms with Gasteiger partial charge in [0, 0.05) is 13.1 Å². The second-order valence-electron chi connectivity index (χ2n) is 3.94. The Labute approximate surface area is 111 Å². The first kappa shape index (κ1) is 14.9. The molecular weight excluding hydrogens is 250 g/mol.